The van der Waals surface area contributed by atoms with Crippen molar-refractivity contribution in [3.63, 3.8) is 0 Å². The summed E-state index contributed by atoms with van der Waals surface area (Å²) < 4.78 is 31.9. The number of ether oxygens (including phenoxy) is 1. The molecular formula is C12H17N3O4S. The van der Waals surface area contributed by atoms with Gasteiger partial charge in [0.2, 0.25) is 10.0 Å². The molecule has 20 heavy (non-hydrogen) atoms. The van der Waals surface area contributed by atoms with E-state index in [-0.39, 0.29) is 18.1 Å². The number of rotatable bonds is 6. The van der Waals surface area contributed by atoms with Crippen molar-refractivity contribution in [2.24, 2.45) is 0 Å². The summed E-state index contributed by atoms with van der Waals surface area (Å²) in [7, 11) is -2.34. The zero-order chi connectivity index (χ0) is 14.8. The third-order valence-corrected chi connectivity index (χ3v) is 4.43. The summed E-state index contributed by atoms with van der Waals surface area (Å²) in [6, 6.07) is 4.29. The van der Waals surface area contributed by atoms with E-state index in [1.165, 1.54) is 13.3 Å². The highest BCUT2D eigenvalue weighted by molar-refractivity contribution is 7.89. The van der Waals surface area contributed by atoms with Crippen LogP contribution in [0.4, 0.5) is 5.69 Å². The molecule has 1 atom stereocenters. The number of aliphatic hydroxyl groups excluding tert-OH is 1. The zero-order valence-electron chi connectivity index (χ0n) is 11.0. The Labute approximate surface area is 116 Å². The fourth-order valence-electron chi connectivity index (χ4n) is 1.94. The lowest BCUT2D eigenvalue weighted by Gasteiger charge is -2.15. The van der Waals surface area contributed by atoms with Crippen molar-refractivity contribution in [2.45, 2.75) is 10.9 Å². The van der Waals surface area contributed by atoms with E-state index in [9.17, 15) is 8.42 Å². The summed E-state index contributed by atoms with van der Waals surface area (Å²) >= 11 is 0. The quantitative estimate of drug-likeness (QED) is 0.562. The van der Waals surface area contributed by atoms with Gasteiger partial charge in [-0.3, -0.25) is 0 Å². The van der Waals surface area contributed by atoms with Crippen LogP contribution < -0.4 is 10.5 Å². The highest BCUT2D eigenvalue weighted by Crippen LogP contribution is 2.24. The number of fused-ring (bicyclic) bond motifs is 1. The Morgan fingerprint density at radius 3 is 2.90 bits per heavy atom. The lowest BCUT2D eigenvalue weighted by Crippen LogP contribution is -2.40. The Morgan fingerprint density at radius 2 is 2.25 bits per heavy atom. The molecule has 8 heteroatoms. The molecular weight excluding hydrogens is 282 g/mol. The Hall–Kier alpha value is -1.61. The lowest BCUT2D eigenvalue weighted by atomic mass is 10.2. The van der Waals surface area contributed by atoms with E-state index in [0.29, 0.717) is 16.6 Å². The first kappa shape index (κ1) is 14.8. The number of benzene rings is 1. The molecule has 0 amide bonds. The second-order valence-corrected chi connectivity index (χ2v) is 6.10. The highest BCUT2D eigenvalue weighted by Gasteiger charge is 2.22. The summed E-state index contributed by atoms with van der Waals surface area (Å²) in [6.45, 7) is -0.266. The second kappa shape index (κ2) is 5.80. The predicted octanol–water partition coefficient (Wildman–Crippen LogP) is 0.0357. The van der Waals surface area contributed by atoms with Crippen molar-refractivity contribution in [1.82, 2.24) is 9.71 Å². The minimum atomic E-state index is -3.77. The number of H-pyrrole nitrogens is 1. The standard InChI is InChI=1S/C12H17N3O4S/c1-19-7-9(6-16)15-20(17,18)12-5-14-11-3-2-8(13)4-10(11)12/h2-5,9,14-16H,6-7,13H2,1H3. The number of anilines is 1. The number of aromatic amines is 1. The number of hydrogen-bond acceptors (Lipinski definition) is 5. The molecule has 1 heterocycles. The first-order valence-corrected chi connectivity index (χ1v) is 7.45. The summed E-state index contributed by atoms with van der Waals surface area (Å²) in [4.78, 5) is 2.97. The summed E-state index contributed by atoms with van der Waals surface area (Å²) in [5.74, 6) is 0. The van der Waals surface area contributed by atoms with Crippen LogP contribution in [-0.2, 0) is 14.8 Å². The van der Waals surface area contributed by atoms with E-state index in [2.05, 4.69) is 9.71 Å². The smallest absolute Gasteiger partial charge is 0.243 e. The summed E-state index contributed by atoms with van der Waals surface area (Å²) in [5, 5.41) is 9.65. The maximum Gasteiger partial charge on any atom is 0.243 e. The van der Waals surface area contributed by atoms with Gasteiger partial charge in [-0.15, -0.1) is 0 Å². The average molecular weight is 299 g/mol. The van der Waals surface area contributed by atoms with Crippen LogP contribution in [0, 0.1) is 0 Å². The van der Waals surface area contributed by atoms with Crippen molar-refractivity contribution in [1.29, 1.82) is 0 Å². The van der Waals surface area contributed by atoms with Gasteiger partial charge in [0, 0.05) is 29.9 Å². The van der Waals surface area contributed by atoms with Crippen molar-refractivity contribution in [2.75, 3.05) is 26.1 Å². The Bertz CT molecular complexity index is 696. The molecule has 7 nitrogen and oxygen atoms in total. The van der Waals surface area contributed by atoms with Crippen LogP contribution in [0.5, 0.6) is 0 Å². The molecule has 0 saturated heterocycles. The van der Waals surface area contributed by atoms with Crippen LogP contribution >= 0.6 is 0 Å². The molecule has 0 aliphatic carbocycles. The van der Waals surface area contributed by atoms with Crippen LogP contribution in [0.1, 0.15) is 0 Å². The molecule has 110 valence electrons. The van der Waals surface area contributed by atoms with Gasteiger partial charge in [-0.25, -0.2) is 13.1 Å². The van der Waals surface area contributed by atoms with Gasteiger partial charge in [0.25, 0.3) is 0 Å². The van der Waals surface area contributed by atoms with Gasteiger partial charge in [-0.1, -0.05) is 0 Å². The lowest BCUT2D eigenvalue weighted by molar-refractivity contribution is 0.139. The topological polar surface area (TPSA) is 117 Å². The number of hydrogen-bond donors (Lipinski definition) is 4. The van der Waals surface area contributed by atoms with E-state index in [0.717, 1.165) is 0 Å². The molecule has 5 N–H and O–H groups in total. The number of aromatic nitrogens is 1. The number of nitrogen functional groups attached to an aromatic ring is 1. The molecule has 0 aliphatic heterocycles. The molecule has 1 aromatic carbocycles. The van der Waals surface area contributed by atoms with E-state index in [4.69, 9.17) is 15.6 Å². The molecule has 2 rings (SSSR count). The minimum absolute atomic E-state index is 0.0836. The Morgan fingerprint density at radius 1 is 1.50 bits per heavy atom. The number of nitrogens with two attached hydrogens (primary N) is 1. The van der Waals surface area contributed by atoms with E-state index in [1.807, 2.05) is 0 Å². The van der Waals surface area contributed by atoms with Crippen molar-refractivity contribution in [3.8, 4) is 0 Å². The van der Waals surface area contributed by atoms with Gasteiger partial charge in [0.1, 0.15) is 4.90 Å². The number of methoxy groups -OCH3 is 1. The number of nitrogens with one attached hydrogen (secondary N) is 2. The third kappa shape index (κ3) is 2.93. The van der Waals surface area contributed by atoms with Gasteiger partial charge >= 0.3 is 0 Å². The van der Waals surface area contributed by atoms with Crippen LogP contribution in [-0.4, -0.2) is 44.9 Å². The normalized spacial score (nSPS) is 13.7. The predicted molar refractivity (Wildman–Crippen MR) is 75.8 cm³/mol. The molecule has 0 bridgehead atoms. The van der Waals surface area contributed by atoms with Gasteiger partial charge in [0.05, 0.1) is 19.3 Å². The molecule has 1 aromatic heterocycles. The number of aliphatic hydroxyl groups is 1. The van der Waals surface area contributed by atoms with E-state index < -0.39 is 16.1 Å². The van der Waals surface area contributed by atoms with Crippen LogP contribution in [0.25, 0.3) is 10.9 Å². The summed E-state index contributed by atoms with van der Waals surface area (Å²) in [6.07, 6.45) is 1.40. The van der Waals surface area contributed by atoms with E-state index in [1.54, 1.807) is 18.2 Å². The van der Waals surface area contributed by atoms with Gasteiger partial charge < -0.3 is 20.6 Å². The molecule has 1 unspecified atom stereocenters. The monoisotopic (exact) mass is 299 g/mol. The largest absolute Gasteiger partial charge is 0.399 e. The number of sulfonamides is 1. The SMILES string of the molecule is COCC(CO)NS(=O)(=O)c1c[nH]c2ccc(N)cc12. The van der Waals surface area contributed by atoms with Gasteiger partial charge in [-0.05, 0) is 18.2 Å². The molecule has 0 aliphatic rings. The Balaban J connectivity index is 2.39. The first-order valence-electron chi connectivity index (χ1n) is 5.96. The third-order valence-electron chi connectivity index (χ3n) is 2.87. The highest BCUT2D eigenvalue weighted by atomic mass is 32.2. The maximum absolute atomic E-state index is 12.3. The maximum atomic E-state index is 12.3. The molecule has 0 radical (unpaired) electrons. The van der Waals surface area contributed by atoms with Crippen LogP contribution in [0.2, 0.25) is 0 Å². The fourth-order valence-corrected chi connectivity index (χ4v) is 3.32. The fraction of sp³-hybridized carbons (Fsp3) is 0.333. The average Bonchev–Trinajstić information content (AvgIpc) is 2.81. The second-order valence-electron chi connectivity index (χ2n) is 4.41. The molecule has 0 saturated carbocycles. The first-order chi connectivity index (χ1) is 9.47. The Kier molecular flexibility index (Phi) is 4.29. The van der Waals surface area contributed by atoms with Crippen molar-refractivity contribution < 1.29 is 18.3 Å². The minimum Gasteiger partial charge on any atom is -0.399 e. The van der Waals surface area contributed by atoms with Gasteiger partial charge in [0.15, 0.2) is 0 Å². The molecule has 0 fully saturated rings. The summed E-state index contributed by atoms with van der Waals surface area (Å²) in [5.41, 5.74) is 6.83. The van der Waals surface area contributed by atoms with Crippen molar-refractivity contribution >= 4 is 26.6 Å². The van der Waals surface area contributed by atoms with Gasteiger partial charge in [-0.2, -0.15) is 0 Å². The van der Waals surface area contributed by atoms with Crippen LogP contribution in [0.3, 0.4) is 0 Å². The zero-order valence-corrected chi connectivity index (χ0v) is 11.8. The van der Waals surface area contributed by atoms with Crippen LogP contribution in [0.15, 0.2) is 29.3 Å². The van der Waals surface area contributed by atoms with Crippen molar-refractivity contribution in [3.05, 3.63) is 24.4 Å². The molecule has 2 aromatic rings. The molecule has 0 spiro atoms. The van der Waals surface area contributed by atoms with E-state index >= 15 is 0 Å².